The van der Waals surface area contributed by atoms with E-state index in [2.05, 4.69) is 54.0 Å². The fourth-order valence-electron chi connectivity index (χ4n) is 3.24. The molecule has 3 heterocycles. The van der Waals surface area contributed by atoms with Gasteiger partial charge in [-0.25, -0.2) is 4.98 Å². The van der Waals surface area contributed by atoms with Crippen molar-refractivity contribution in [2.24, 2.45) is 13.0 Å². The summed E-state index contributed by atoms with van der Waals surface area (Å²) in [6.07, 6.45) is 10.1. The Morgan fingerprint density at radius 2 is 2.08 bits per heavy atom. The number of hydrogen-bond donors (Lipinski definition) is 1. The van der Waals surface area contributed by atoms with Crippen LogP contribution in [0.25, 0.3) is 0 Å². The van der Waals surface area contributed by atoms with Gasteiger partial charge in [-0.3, -0.25) is 4.68 Å². The number of nitrogens with one attached hydrogen (secondary N) is 1. The van der Waals surface area contributed by atoms with Crippen molar-refractivity contribution < 1.29 is 4.74 Å². The average molecular weight is 331 g/mol. The molecule has 3 rings (SSSR count). The lowest BCUT2D eigenvalue weighted by Crippen LogP contribution is -2.33. The molecule has 6 nitrogen and oxygen atoms in total. The second kappa shape index (κ2) is 7.07. The molecule has 0 spiro atoms. The lowest BCUT2D eigenvalue weighted by atomic mass is 9.91. The molecule has 0 aromatic carbocycles. The van der Waals surface area contributed by atoms with Crippen molar-refractivity contribution in [1.82, 2.24) is 24.6 Å². The zero-order valence-corrected chi connectivity index (χ0v) is 15.2. The van der Waals surface area contributed by atoms with Crippen LogP contribution < -0.4 is 5.32 Å². The van der Waals surface area contributed by atoms with Crippen LogP contribution in [0.1, 0.15) is 51.0 Å². The summed E-state index contributed by atoms with van der Waals surface area (Å²) in [5.41, 5.74) is 1.22. The van der Waals surface area contributed by atoms with E-state index in [1.54, 1.807) is 0 Å². The molecule has 2 aromatic heterocycles. The largest absolute Gasteiger partial charge is 0.381 e. The van der Waals surface area contributed by atoms with E-state index in [1.807, 2.05) is 23.3 Å². The molecule has 6 heteroatoms. The number of rotatable bonds is 5. The number of aryl methyl sites for hydroxylation is 1. The molecule has 1 aliphatic heterocycles. The zero-order chi connectivity index (χ0) is 17.2. The maximum Gasteiger partial charge on any atom is 0.125 e. The minimum atomic E-state index is 0.0119. The van der Waals surface area contributed by atoms with Crippen molar-refractivity contribution in [3.8, 4) is 0 Å². The summed E-state index contributed by atoms with van der Waals surface area (Å²) in [6, 6.07) is 0.242. The Morgan fingerprint density at radius 1 is 1.33 bits per heavy atom. The Balaban J connectivity index is 1.72. The highest BCUT2D eigenvalue weighted by Crippen LogP contribution is 2.29. The van der Waals surface area contributed by atoms with Gasteiger partial charge in [0.15, 0.2) is 0 Å². The molecule has 1 unspecified atom stereocenters. The van der Waals surface area contributed by atoms with E-state index >= 15 is 0 Å². The number of hydrogen-bond acceptors (Lipinski definition) is 4. The highest BCUT2D eigenvalue weighted by atomic mass is 16.5. The second-order valence-electron chi connectivity index (χ2n) is 7.67. The van der Waals surface area contributed by atoms with Gasteiger partial charge in [0.2, 0.25) is 0 Å². The number of nitrogens with zero attached hydrogens (tertiary/aromatic N) is 4. The molecule has 1 atom stereocenters. The lowest BCUT2D eigenvalue weighted by molar-refractivity contribution is 0.0518. The van der Waals surface area contributed by atoms with Crippen LogP contribution in [0.2, 0.25) is 0 Å². The standard InChI is InChI=1S/C18H29N5O/c1-18(2,3)23-13-14(12-21-23)11-20-16(15-5-9-24-10-6-15)17-19-7-8-22(17)4/h7-8,12-13,15-16,20H,5-6,9-11H2,1-4H3. The first-order chi connectivity index (χ1) is 11.4. The summed E-state index contributed by atoms with van der Waals surface area (Å²) in [4.78, 5) is 4.59. The summed E-state index contributed by atoms with van der Waals surface area (Å²) in [5.74, 6) is 1.66. The van der Waals surface area contributed by atoms with Crippen molar-refractivity contribution >= 4 is 0 Å². The van der Waals surface area contributed by atoms with Crippen LogP contribution in [-0.4, -0.2) is 32.5 Å². The predicted octanol–water partition coefficient (Wildman–Crippen LogP) is 2.63. The molecule has 1 aliphatic rings. The van der Waals surface area contributed by atoms with Crippen LogP contribution in [0.3, 0.4) is 0 Å². The molecule has 24 heavy (non-hydrogen) atoms. The summed E-state index contributed by atoms with van der Waals surface area (Å²) in [6.45, 7) is 8.97. The van der Waals surface area contributed by atoms with Crippen molar-refractivity contribution in [1.29, 1.82) is 0 Å². The lowest BCUT2D eigenvalue weighted by Gasteiger charge is -2.30. The topological polar surface area (TPSA) is 56.9 Å². The van der Waals surface area contributed by atoms with Gasteiger partial charge < -0.3 is 14.6 Å². The van der Waals surface area contributed by atoms with Crippen molar-refractivity contribution in [2.45, 2.75) is 51.7 Å². The first-order valence-corrected chi connectivity index (χ1v) is 8.77. The minimum absolute atomic E-state index is 0.0119. The van der Waals surface area contributed by atoms with Crippen molar-refractivity contribution in [3.05, 3.63) is 36.2 Å². The van der Waals surface area contributed by atoms with Crippen LogP contribution >= 0.6 is 0 Å². The first-order valence-electron chi connectivity index (χ1n) is 8.77. The Hall–Kier alpha value is -1.66. The molecular weight excluding hydrogens is 302 g/mol. The average Bonchev–Trinajstić information content (AvgIpc) is 3.18. The molecule has 0 aliphatic carbocycles. The number of aromatic nitrogens is 4. The highest BCUT2D eigenvalue weighted by molar-refractivity contribution is 5.08. The van der Waals surface area contributed by atoms with E-state index in [0.29, 0.717) is 5.92 Å². The smallest absolute Gasteiger partial charge is 0.125 e. The summed E-state index contributed by atoms with van der Waals surface area (Å²) in [5, 5.41) is 8.22. The highest BCUT2D eigenvalue weighted by Gasteiger charge is 2.28. The minimum Gasteiger partial charge on any atom is -0.381 e. The molecule has 2 aromatic rings. The molecule has 1 saturated heterocycles. The summed E-state index contributed by atoms with van der Waals surface area (Å²) >= 11 is 0. The van der Waals surface area contributed by atoms with Crippen LogP contribution in [0, 0.1) is 5.92 Å². The van der Waals surface area contributed by atoms with E-state index in [0.717, 1.165) is 38.4 Å². The van der Waals surface area contributed by atoms with E-state index in [4.69, 9.17) is 4.74 Å². The third-order valence-corrected chi connectivity index (χ3v) is 4.72. The van der Waals surface area contributed by atoms with Gasteiger partial charge in [0.05, 0.1) is 17.8 Å². The summed E-state index contributed by atoms with van der Waals surface area (Å²) in [7, 11) is 2.06. The first kappa shape index (κ1) is 17.2. The van der Waals surface area contributed by atoms with Gasteiger partial charge in [0, 0.05) is 51.0 Å². The fraction of sp³-hybridized carbons (Fsp3) is 0.667. The van der Waals surface area contributed by atoms with Gasteiger partial charge in [0.25, 0.3) is 0 Å². The van der Waals surface area contributed by atoms with Gasteiger partial charge in [-0.05, 0) is 39.5 Å². The Kier molecular flexibility index (Phi) is 5.06. The quantitative estimate of drug-likeness (QED) is 0.915. The molecule has 0 amide bonds. The fourth-order valence-corrected chi connectivity index (χ4v) is 3.24. The van der Waals surface area contributed by atoms with Gasteiger partial charge in [-0.1, -0.05) is 0 Å². The van der Waals surface area contributed by atoms with Crippen LogP contribution in [-0.2, 0) is 23.9 Å². The maximum atomic E-state index is 5.53. The normalized spacial score (nSPS) is 18.0. The monoisotopic (exact) mass is 331 g/mol. The third kappa shape index (κ3) is 3.87. The number of ether oxygens (including phenoxy) is 1. The second-order valence-corrected chi connectivity index (χ2v) is 7.67. The van der Waals surface area contributed by atoms with Crippen LogP contribution in [0.15, 0.2) is 24.8 Å². The van der Waals surface area contributed by atoms with E-state index < -0.39 is 0 Å². The Morgan fingerprint density at radius 3 is 2.67 bits per heavy atom. The molecule has 132 valence electrons. The maximum absolute atomic E-state index is 5.53. The predicted molar refractivity (Wildman–Crippen MR) is 93.6 cm³/mol. The molecule has 0 radical (unpaired) electrons. The Labute approximate surface area is 144 Å². The third-order valence-electron chi connectivity index (χ3n) is 4.72. The van der Waals surface area contributed by atoms with E-state index in [-0.39, 0.29) is 11.6 Å². The van der Waals surface area contributed by atoms with Gasteiger partial charge in [0.1, 0.15) is 5.82 Å². The van der Waals surface area contributed by atoms with Crippen LogP contribution in [0.5, 0.6) is 0 Å². The zero-order valence-electron chi connectivity index (χ0n) is 15.2. The molecule has 0 saturated carbocycles. The van der Waals surface area contributed by atoms with E-state index in [9.17, 15) is 0 Å². The summed E-state index contributed by atoms with van der Waals surface area (Å²) < 4.78 is 9.67. The SMILES string of the molecule is Cn1ccnc1C(NCc1cnn(C(C)(C)C)c1)C1CCOCC1. The van der Waals surface area contributed by atoms with Crippen molar-refractivity contribution in [2.75, 3.05) is 13.2 Å². The van der Waals surface area contributed by atoms with Gasteiger partial charge in [-0.15, -0.1) is 0 Å². The molecule has 1 N–H and O–H groups in total. The van der Waals surface area contributed by atoms with Crippen LogP contribution in [0.4, 0.5) is 0 Å². The molecule has 1 fully saturated rings. The number of imidazole rings is 1. The van der Waals surface area contributed by atoms with Gasteiger partial charge >= 0.3 is 0 Å². The molecular formula is C18H29N5O. The molecule has 0 bridgehead atoms. The Bertz CT molecular complexity index is 648. The van der Waals surface area contributed by atoms with Gasteiger partial charge in [-0.2, -0.15) is 5.10 Å². The van der Waals surface area contributed by atoms with E-state index in [1.165, 1.54) is 5.56 Å². The van der Waals surface area contributed by atoms with Crippen molar-refractivity contribution in [3.63, 3.8) is 0 Å².